The van der Waals surface area contributed by atoms with Gasteiger partial charge < -0.3 is 5.32 Å². The van der Waals surface area contributed by atoms with Crippen molar-refractivity contribution in [2.75, 3.05) is 10.6 Å². The number of aromatic nitrogens is 3. The molecule has 1 aliphatic heterocycles. The zero-order valence-corrected chi connectivity index (χ0v) is 18.0. The largest absolute Gasteiger partial charge is 0.324 e. The molecule has 0 saturated heterocycles. The van der Waals surface area contributed by atoms with Crippen molar-refractivity contribution in [2.45, 2.75) is 13.0 Å². The molecule has 0 saturated carbocycles. The van der Waals surface area contributed by atoms with Gasteiger partial charge in [0.1, 0.15) is 6.04 Å². The van der Waals surface area contributed by atoms with Crippen LogP contribution in [0.1, 0.15) is 33.1 Å². The number of hydrogen-bond donors (Lipinski definition) is 2. The molecule has 1 aromatic heterocycles. The molecule has 0 aliphatic carbocycles. The van der Waals surface area contributed by atoms with Crippen LogP contribution >= 0.6 is 11.6 Å². The number of hydrogen-bond acceptors (Lipinski definition) is 4. The van der Waals surface area contributed by atoms with Crippen molar-refractivity contribution in [3.63, 3.8) is 0 Å². The molecular weight excluding hydrogens is 422 g/mol. The highest BCUT2D eigenvalue weighted by Crippen LogP contribution is 2.33. The molecule has 1 unspecified atom stereocenters. The first kappa shape index (κ1) is 20.0. The van der Waals surface area contributed by atoms with Crippen LogP contribution in [0.25, 0.3) is 5.70 Å². The van der Waals surface area contributed by atoms with Crippen LogP contribution < -0.4 is 10.6 Å². The minimum atomic E-state index is -0.299. The van der Waals surface area contributed by atoms with E-state index in [1.54, 1.807) is 28.9 Å². The minimum Gasteiger partial charge on any atom is -0.324 e. The van der Waals surface area contributed by atoms with Gasteiger partial charge in [0.15, 0.2) is 0 Å². The number of rotatable bonds is 4. The first-order valence-corrected chi connectivity index (χ1v) is 10.6. The zero-order valence-electron chi connectivity index (χ0n) is 17.3. The summed E-state index contributed by atoms with van der Waals surface area (Å²) in [5, 5.41) is 11.3. The number of nitrogens with zero attached hydrogens (tertiary/aromatic N) is 3. The van der Waals surface area contributed by atoms with Gasteiger partial charge in [0.2, 0.25) is 5.95 Å². The van der Waals surface area contributed by atoms with Crippen LogP contribution in [0.2, 0.25) is 5.02 Å². The Balaban J connectivity index is 1.49. The van der Waals surface area contributed by atoms with E-state index >= 15 is 0 Å². The van der Waals surface area contributed by atoms with Gasteiger partial charge in [0, 0.05) is 16.3 Å². The number of anilines is 2. The molecule has 0 spiro atoms. The summed E-state index contributed by atoms with van der Waals surface area (Å²) in [6.45, 7) is 2.06. The SMILES string of the molecule is Cc1ccc(C2=CC(c3ccccc3)n3nc(NC(=O)c4ccc(Cl)cc4)nc3N2)cc1. The predicted octanol–water partition coefficient (Wildman–Crippen LogP) is 5.55. The third-order valence-electron chi connectivity index (χ3n) is 5.30. The highest BCUT2D eigenvalue weighted by molar-refractivity contribution is 6.30. The predicted molar refractivity (Wildman–Crippen MR) is 127 cm³/mol. The van der Waals surface area contributed by atoms with Gasteiger partial charge in [-0.25, -0.2) is 4.68 Å². The van der Waals surface area contributed by atoms with Gasteiger partial charge in [0.25, 0.3) is 11.9 Å². The number of fused-ring (bicyclic) bond motifs is 1. The van der Waals surface area contributed by atoms with Crippen LogP contribution in [0.3, 0.4) is 0 Å². The van der Waals surface area contributed by atoms with Crippen molar-refractivity contribution < 1.29 is 4.79 Å². The second-order valence-corrected chi connectivity index (χ2v) is 8.03. The molecule has 6 nitrogen and oxygen atoms in total. The van der Waals surface area contributed by atoms with E-state index in [2.05, 4.69) is 70.1 Å². The molecular formula is C25H20ClN5O. The number of nitrogens with one attached hydrogen (secondary N) is 2. The minimum absolute atomic E-state index is 0.169. The molecule has 32 heavy (non-hydrogen) atoms. The number of halogens is 1. The Morgan fingerprint density at radius 1 is 1.00 bits per heavy atom. The summed E-state index contributed by atoms with van der Waals surface area (Å²) in [4.78, 5) is 17.2. The van der Waals surface area contributed by atoms with Gasteiger partial charge in [0.05, 0.1) is 0 Å². The number of carbonyl (C=O) groups is 1. The quantitative estimate of drug-likeness (QED) is 0.435. The molecule has 5 rings (SSSR count). The van der Waals surface area contributed by atoms with Crippen molar-refractivity contribution in [1.29, 1.82) is 0 Å². The number of carbonyl (C=O) groups excluding carboxylic acids is 1. The Labute approximate surface area is 190 Å². The molecule has 2 N–H and O–H groups in total. The second-order valence-electron chi connectivity index (χ2n) is 7.59. The van der Waals surface area contributed by atoms with Crippen LogP contribution in [0, 0.1) is 6.92 Å². The van der Waals surface area contributed by atoms with Gasteiger partial charge in [-0.1, -0.05) is 71.8 Å². The topological polar surface area (TPSA) is 71.8 Å². The Bertz CT molecular complexity index is 1290. The van der Waals surface area contributed by atoms with Crippen molar-refractivity contribution in [3.05, 3.63) is 112 Å². The van der Waals surface area contributed by atoms with E-state index in [1.165, 1.54) is 5.56 Å². The molecule has 0 fully saturated rings. The first-order chi connectivity index (χ1) is 15.6. The maximum Gasteiger partial charge on any atom is 0.258 e. The summed E-state index contributed by atoms with van der Waals surface area (Å²) in [5.74, 6) is 0.489. The summed E-state index contributed by atoms with van der Waals surface area (Å²) in [5.41, 5.74) is 4.74. The summed E-state index contributed by atoms with van der Waals surface area (Å²) in [6.07, 6.45) is 2.12. The maximum atomic E-state index is 12.6. The smallest absolute Gasteiger partial charge is 0.258 e. The zero-order chi connectivity index (χ0) is 22.1. The third-order valence-corrected chi connectivity index (χ3v) is 5.55. The molecule has 2 heterocycles. The molecule has 4 aromatic rings. The van der Waals surface area contributed by atoms with Crippen LogP contribution in [-0.2, 0) is 0 Å². The van der Waals surface area contributed by atoms with Gasteiger partial charge in [-0.05, 0) is 48.4 Å². The molecule has 1 atom stereocenters. The average Bonchev–Trinajstić information content (AvgIpc) is 3.22. The van der Waals surface area contributed by atoms with Crippen molar-refractivity contribution in [3.8, 4) is 0 Å². The Hall–Kier alpha value is -3.90. The summed E-state index contributed by atoms with van der Waals surface area (Å²) in [7, 11) is 0. The van der Waals surface area contributed by atoms with Crippen LogP contribution in [0.15, 0.2) is 84.9 Å². The standard InChI is InChI=1S/C25H20ClN5O/c1-16-7-9-17(10-8-16)21-15-22(18-5-3-2-4-6-18)31-25(27-21)29-24(30-31)28-23(32)19-11-13-20(26)14-12-19/h2-15,22H,1H3,(H2,27,28,29,30,32). The van der Waals surface area contributed by atoms with Crippen molar-refractivity contribution >= 4 is 35.1 Å². The number of allylic oxidation sites excluding steroid dienone is 1. The first-order valence-electron chi connectivity index (χ1n) is 10.2. The molecule has 0 radical (unpaired) electrons. The normalized spacial score (nSPS) is 14.8. The fraction of sp³-hybridized carbons (Fsp3) is 0.0800. The highest BCUT2D eigenvalue weighted by atomic mass is 35.5. The highest BCUT2D eigenvalue weighted by Gasteiger charge is 2.25. The molecule has 1 aliphatic rings. The number of benzene rings is 3. The van der Waals surface area contributed by atoms with Gasteiger partial charge >= 0.3 is 0 Å². The fourth-order valence-corrected chi connectivity index (χ4v) is 3.74. The lowest BCUT2D eigenvalue weighted by molar-refractivity contribution is 0.102. The Morgan fingerprint density at radius 3 is 2.44 bits per heavy atom. The summed E-state index contributed by atoms with van der Waals surface area (Å²) >= 11 is 5.92. The van der Waals surface area contributed by atoms with E-state index in [-0.39, 0.29) is 17.9 Å². The van der Waals surface area contributed by atoms with Gasteiger partial charge in [-0.3, -0.25) is 10.1 Å². The molecule has 158 valence electrons. The second kappa shape index (κ2) is 8.32. The fourth-order valence-electron chi connectivity index (χ4n) is 3.61. The molecule has 0 bridgehead atoms. The van der Waals surface area contributed by atoms with E-state index in [9.17, 15) is 4.79 Å². The number of aryl methyl sites for hydroxylation is 1. The van der Waals surface area contributed by atoms with Crippen LogP contribution in [-0.4, -0.2) is 20.7 Å². The average molecular weight is 442 g/mol. The lowest BCUT2D eigenvalue weighted by Gasteiger charge is -2.24. The summed E-state index contributed by atoms with van der Waals surface area (Å²) < 4.78 is 1.78. The Morgan fingerprint density at radius 2 is 1.72 bits per heavy atom. The molecule has 3 aromatic carbocycles. The molecule has 1 amide bonds. The lowest BCUT2D eigenvalue weighted by Crippen LogP contribution is -2.20. The van der Waals surface area contributed by atoms with Crippen LogP contribution in [0.5, 0.6) is 0 Å². The van der Waals surface area contributed by atoms with E-state index in [1.807, 2.05) is 18.2 Å². The van der Waals surface area contributed by atoms with Crippen molar-refractivity contribution in [1.82, 2.24) is 14.8 Å². The molecule has 7 heteroatoms. The Kier molecular flexibility index (Phi) is 5.21. The number of amides is 1. The monoisotopic (exact) mass is 441 g/mol. The maximum absolute atomic E-state index is 12.6. The van der Waals surface area contributed by atoms with Crippen molar-refractivity contribution in [2.24, 2.45) is 0 Å². The van der Waals surface area contributed by atoms with E-state index in [4.69, 9.17) is 11.6 Å². The summed E-state index contributed by atoms with van der Waals surface area (Å²) in [6, 6.07) is 24.9. The van der Waals surface area contributed by atoms with E-state index < -0.39 is 0 Å². The van der Waals surface area contributed by atoms with Crippen LogP contribution in [0.4, 0.5) is 11.9 Å². The van der Waals surface area contributed by atoms with Gasteiger partial charge in [-0.2, -0.15) is 4.98 Å². The van der Waals surface area contributed by atoms with E-state index in [0.717, 1.165) is 16.8 Å². The third kappa shape index (κ3) is 4.00. The van der Waals surface area contributed by atoms with E-state index in [0.29, 0.717) is 16.5 Å². The lowest BCUT2D eigenvalue weighted by atomic mass is 10.0. The van der Waals surface area contributed by atoms with Gasteiger partial charge in [-0.15, -0.1) is 5.10 Å².